The molecular weight excluding hydrogens is 424 g/mol. The summed E-state index contributed by atoms with van der Waals surface area (Å²) in [6.07, 6.45) is 6.35. The molecule has 4 fully saturated rings. The molecule has 0 unspecified atom stereocenters. The van der Waals surface area contributed by atoms with E-state index in [1.54, 1.807) is 0 Å². The van der Waals surface area contributed by atoms with Gasteiger partial charge in [0.1, 0.15) is 5.58 Å². The number of carbonyl (C=O) groups excluding carboxylic acids is 2. The maximum atomic E-state index is 13.2. The van der Waals surface area contributed by atoms with E-state index in [9.17, 15) is 9.59 Å². The molecule has 0 saturated carbocycles. The molecule has 1 atom stereocenters. The fourth-order valence-electron chi connectivity index (χ4n) is 6.18. The molecule has 2 aromatic carbocycles. The first-order chi connectivity index (χ1) is 16.7. The standard InChI is InChI=1S/C29H32N2O3/c32-26(17-24-19-30-14-10-20(24)11-15-30)27-18-22-7-5-9-25(28(22)34-27)21-6-4-8-23(16-21)29(33)31-12-2-1-3-13-31/h4-9,16,18,20,24H,1-3,10-15,17,19H2/t24-/m1/s1. The number of hydrogen-bond acceptors (Lipinski definition) is 4. The molecule has 0 radical (unpaired) electrons. The van der Waals surface area contributed by atoms with Crippen molar-refractivity contribution in [3.05, 3.63) is 59.9 Å². The minimum absolute atomic E-state index is 0.0987. The smallest absolute Gasteiger partial charge is 0.253 e. The largest absolute Gasteiger partial charge is 0.452 e. The van der Waals surface area contributed by atoms with E-state index in [-0.39, 0.29) is 11.7 Å². The first kappa shape index (κ1) is 21.6. The summed E-state index contributed by atoms with van der Waals surface area (Å²) < 4.78 is 6.20. The number of nitrogens with zero attached hydrogens (tertiary/aromatic N) is 2. The van der Waals surface area contributed by atoms with E-state index in [0.29, 0.717) is 29.6 Å². The summed E-state index contributed by atoms with van der Waals surface area (Å²) in [5.41, 5.74) is 3.30. The molecule has 0 spiro atoms. The van der Waals surface area contributed by atoms with Crippen LogP contribution in [-0.4, -0.2) is 54.2 Å². The Bertz CT molecular complexity index is 1220. The van der Waals surface area contributed by atoms with Gasteiger partial charge >= 0.3 is 0 Å². The third-order valence-corrected chi connectivity index (χ3v) is 8.12. The topological polar surface area (TPSA) is 53.8 Å². The van der Waals surface area contributed by atoms with Crippen LogP contribution in [0.3, 0.4) is 0 Å². The summed E-state index contributed by atoms with van der Waals surface area (Å²) in [6.45, 7) is 5.08. The van der Waals surface area contributed by atoms with Crippen molar-refractivity contribution in [1.82, 2.24) is 9.80 Å². The second kappa shape index (κ2) is 9.03. The first-order valence-electron chi connectivity index (χ1n) is 12.8. The molecule has 2 bridgehead atoms. The second-order valence-corrected chi connectivity index (χ2v) is 10.3. The van der Waals surface area contributed by atoms with E-state index in [0.717, 1.165) is 54.6 Å². The van der Waals surface area contributed by atoms with Crippen molar-refractivity contribution >= 4 is 22.7 Å². The average Bonchev–Trinajstić information content (AvgIpc) is 3.34. The summed E-state index contributed by atoms with van der Waals surface area (Å²) in [5, 5.41) is 0.933. The van der Waals surface area contributed by atoms with Crippen LogP contribution in [0.5, 0.6) is 0 Å². The van der Waals surface area contributed by atoms with Gasteiger partial charge in [-0.1, -0.05) is 30.3 Å². The van der Waals surface area contributed by atoms with Crippen molar-refractivity contribution in [2.24, 2.45) is 11.8 Å². The molecule has 0 aliphatic carbocycles. The number of benzene rings is 2. The predicted molar refractivity (Wildman–Crippen MR) is 133 cm³/mol. The van der Waals surface area contributed by atoms with Crippen LogP contribution < -0.4 is 0 Å². The molecule has 34 heavy (non-hydrogen) atoms. The molecule has 5 heterocycles. The van der Waals surface area contributed by atoms with E-state index < -0.39 is 0 Å². The number of rotatable bonds is 5. The number of furan rings is 1. The molecule has 176 valence electrons. The Balaban J connectivity index is 1.26. The van der Waals surface area contributed by atoms with Crippen molar-refractivity contribution in [1.29, 1.82) is 0 Å². The van der Waals surface area contributed by atoms with Crippen LogP contribution >= 0.6 is 0 Å². The Hall–Kier alpha value is -2.92. The molecule has 1 aromatic heterocycles. The highest BCUT2D eigenvalue weighted by atomic mass is 16.3. The van der Waals surface area contributed by atoms with Gasteiger partial charge in [-0.15, -0.1) is 0 Å². The maximum absolute atomic E-state index is 13.2. The lowest BCUT2D eigenvalue weighted by Crippen LogP contribution is -2.47. The van der Waals surface area contributed by atoms with Crippen molar-refractivity contribution in [2.45, 2.75) is 38.5 Å². The lowest BCUT2D eigenvalue weighted by molar-refractivity contribution is 0.0433. The van der Waals surface area contributed by atoms with Crippen LogP contribution in [0.2, 0.25) is 0 Å². The number of para-hydroxylation sites is 1. The number of Topliss-reactive ketones (excluding diaryl/α,β-unsaturated/α-hetero) is 1. The molecule has 0 N–H and O–H groups in total. The monoisotopic (exact) mass is 456 g/mol. The van der Waals surface area contributed by atoms with Gasteiger partial charge in [0.05, 0.1) is 0 Å². The zero-order valence-corrected chi connectivity index (χ0v) is 19.7. The van der Waals surface area contributed by atoms with E-state index in [2.05, 4.69) is 4.90 Å². The van der Waals surface area contributed by atoms with Gasteiger partial charge < -0.3 is 14.2 Å². The van der Waals surface area contributed by atoms with Gasteiger partial charge in [-0.3, -0.25) is 9.59 Å². The molecule has 4 aliphatic heterocycles. The zero-order chi connectivity index (χ0) is 23.1. The fraction of sp³-hybridized carbons (Fsp3) is 0.448. The Morgan fingerprint density at radius 1 is 0.912 bits per heavy atom. The highest BCUT2D eigenvalue weighted by Crippen LogP contribution is 2.36. The molecule has 5 heteroatoms. The van der Waals surface area contributed by atoms with Gasteiger partial charge in [0.2, 0.25) is 0 Å². The molecule has 4 aliphatic rings. The number of amides is 1. The molecular formula is C29H32N2O3. The van der Waals surface area contributed by atoms with Crippen molar-refractivity contribution < 1.29 is 14.0 Å². The number of likely N-dealkylation sites (tertiary alicyclic amines) is 1. The lowest BCUT2D eigenvalue weighted by Gasteiger charge is -2.44. The van der Waals surface area contributed by atoms with Gasteiger partial charge in [-0.05, 0) is 80.8 Å². The summed E-state index contributed by atoms with van der Waals surface area (Å²) in [7, 11) is 0. The van der Waals surface area contributed by atoms with E-state index in [4.69, 9.17) is 4.42 Å². The van der Waals surface area contributed by atoms with Crippen LogP contribution in [0.15, 0.2) is 52.9 Å². The number of piperidine rings is 4. The highest BCUT2D eigenvalue weighted by Gasteiger charge is 2.35. The Kier molecular flexibility index (Phi) is 5.74. The van der Waals surface area contributed by atoms with Crippen molar-refractivity contribution in [2.75, 3.05) is 32.7 Å². The molecule has 4 saturated heterocycles. The highest BCUT2D eigenvalue weighted by molar-refractivity contribution is 6.02. The van der Waals surface area contributed by atoms with Crippen molar-refractivity contribution in [3.8, 4) is 11.1 Å². The summed E-state index contributed by atoms with van der Waals surface area (Å²) >= 11 is 0. The van der Waals surface area contributed by atoms with Gasteiger partial charge in [0.15, 0.2) is 11.5 Å². The van der Waals surface area contributed by atoms with Gasteiger partial charge in [-0.2, -0.15) is 0 Å². The van der Waals surface area contributed by atoms with E-state index >= 15 is 0 Å². The average molecular weight is 457 g/mol. The van der Waals surface area contributed by atoms with Gasteiger partial charge in [0, 0.05) is 42.6 Å². The minimum Gasteiger partial charge on any atom is -0.452 e. The SMILES string of the molecule is O=C(C[C@@H]1CN2CCC1CC2)c1cc2cccc(-c3cccc(C(=O)N4CCCCC4)c3)c2o1. The van der Waals surface area contributed by atoms with Crippen LogP contribution in [0.4, 0.5) is 0 Å². The lowest BCUT2D eigenvalue weighted by atomic mass is 9.76. The number of ketones is 1. The van der Waals surface area contributed by atoms with Crippen LogP contribution in [0, 0.1) is 11.8 Å². The van der Waals surface area contributed by atoms with Crippen molar-refractivity contribution in [3.63, 3.8) is 0 Å². The van der Waals surface area contributed by atoms with Crippen LogP contribution in [-0.2, 0) is 0 Å². The predicted octanol–water partition coefficient (Wildman–Crippen LogP) is 5.64. The summed E-state index contributed by atoms with van der Waals surface area (Å²) in [4.78, 5) is 30.7. The van der Waals surface area contributed by atoms with Gasteiger partial charge in [0.25, 0.3) is 5.91 Å². The first-order valence-corrected chi connectivity index (χ1v) is 12.8. The van der Waals surface area contributed by atoms with E-state index in [1.165, 1.54) is 32.4 Å². The number of carbonyl (C=O) groups is 2. The maximum Gasteiger partial charge on any atom is 0.253 e. The molecule has 5 nitrogen and oxygen atoms in total. The Morgan fingerprint density at radius 3 is 2.47 bits per heavy atom. The second-order valence-electron chi connectivity index (χ2n) is 10.3. The number of fused-ring (bicyclic) bond motifs is 4. The van der Waals surface area contributed by atoms with E-state index in [1.807, 2.05) is 53.4 Å². The Morgan fingerprint density at radius 2 is 1.71 bits per heavy atom. The minimum atomic E-state index is 0.0987. The molecule has 7 rings (SSSR count). The molecule has 1 amide bonds. The third-order valence-electron chi connectivity index (χ3n) is 8.12. The molecule has 3 aromatic rings. The normalized spacial score (nSPS) is 24.5. The Labute approximate surface area is 200 Å². The zero-order valence-electron chi connectivity index (χ0n) is 19.7. The fourth-order valence-corrected chi connectivity index (χ4v) is 6.18. The number of hydrogen-bond donors (Lipinski definition) is 0. The third kappa shape index (κ3) is 4.07. The quantitative estimate of drug-likeness (QED) is 0.466. The summed E-state index contributed by atoms with van der Waals surface area (Å²) in [5.74, 6) is 1.78. The van der Waals surface area contributed by atoms with Gasteiger partial charge in [-0.25, -0.2) is 0 Å². The van der Waals surface area contributed by atoms with Crippen LogP contribution in [0.25, 0.3) is 22.1 Å². The van der Waals surface area contributed by atoms with Crippen LogP contribution in [0.1, 0.15) is 59.4 Å². The summed E-state index contributed by atoms with van der Waals surface area (Å²) in [6, 6.07) is 15.7.